The van der Waals surface area contributed by atoms with E-state index in [2.05, 4.69) is 4.98 Å². The standard InChI is InChI=1S/C25H29N3O4/c1-27(18-21-9-5-6-14-32-21)22(29)15-25(20-7-3-2-4-8-20)16-23(30)28(24(25)31)17-19-10-12-26-13-11-19/h2-4,7-8,10-13,21H,5-6,9,14-18H2,1H3/t21-,25-/m0/s1. The Labute approximate surface area is 188 Å². The minimum atomic E-state index is -1.19. The zero-order valence-electron chi connectivity index (χ0n) is 18.4. The van der Waals surface area contributed by atoms with Crippen molar-refractivity contribution in [2.75, 3.05) is 20.2 Å². The van der Waals surface area contributed by atoms with Crippen molar-refractivity contribution in [1.82, 2.24) is 14.8 Å². The van der Waals surface area contributed by atoms with Gasteiger partial charge < -0.3 is 9.64 Å². The van der Waals surface area contributed by atoms with E-state index in [0.717, 1.165) is 31.4 Å². The maximum atomic E-state index is 13.7. The van der Waals surface area contributed by atoms with E-state index in [0.29, 0.717) is 12.1 Å². The third kappa shape index (κ3) is 4.58. The van der Waals surface area contributed by atoms with Crippen molar-refractivity contribution in [2.45, 2.75) is 50.2 Å². The molecule has 2 saturated heterocycles. The van der Waals surface area contributed by atoms with Gasteiger partial charge in [0.2, 0.25) is 17.7 Å². The molecule has 0 N–H and O–H groups in total. The predicted molar refractivity (Wildman–Crippen MR) is 118 cm³/mol. The number of likely N-dealkylation sites (N-methyl/N-ethyl adjacent to an activating group) is 1. The maximum absolute atomic E-state index is 13.7. The summed E-state index contributed by atoms with van der Waals surface area (Å²) in [5, 5.41) is 0. The van der Waals surface area contributed by atoms with Gasteiger partial charge in [-0.05, 0) is 42.5 Å². The second-order valence-corrected chi connectivity index (χ2v) is 8.71. The molecule has 2 fully saturated rings. The van der Waals surface area contributed by atoms with E-state index >= 15 is 0 Å². The molecule has 1 aromatic carbocycles. The summed E-state index contributed by atoms with van der Waals surface area (Å²) in [4.78, 5) is 46.8. The number of nitrogens with zero attached hydrogens (tertiary/aromatic N) is 3. The molecule has 1 aromatic heterocycles. The van der Waals surface area contributed by atoms with Crippen LogP contribution in [0.5, 0.6) is 0 Å². The quantitative estimate of drug-likeness (QED) is 0.625. The molecule has 0 bridgehead atoms. The van der Waals surface area contributed by atoms with Gasteiger partial charge in [-0.15, -0.1) is 0 Å². The molecule has 7 heteroatoms. The average molecular weight is 436 g/mol. The summed E-state index contributed by atoms with van der Waals surface area (Å²) in [6, 6.07) is 12.8. The van der Waals surface area contributed by atoms with Gasteiger partial charge in [-0.1, -0.05) is 30.3 Å². The van der Waals surface area contributed by atoms with Gasteiger partial charge in [-0.3, -0.25) is 24.3 Å². The fraction of sp³-hybridized carbons (Fsp3) is 0.440. The summed E-state index contributed by atoms with van der Waals surface area (Å²) in [7, 11) is 1.75. The van der Waals surface area contributed by atoms with Crippen LogP contribution < -0.4 is 0 Å². The Hall–Kier alpha value is -3.06. The molecule has 2 atom stereocenters. The van der Waals surface area contributed by atoms with Crippen LogP contribution in [0, 0.1) is 0 Å². The van der Waals surface area contributed by atoms with Crippen molar-refractivity contribution in [2.24, 2.45) is 0 Å². The van der Waals surface area contributed by atoms with Gasteiger partial charge in [-0.2, -0.15) is 0 Å². The fourth-order valence-corrected chi connectivity index (χ4v) is 4.61. The highest BCUT2D eigenvalue weighted by Crippen LogP contribution is 2.40. The van der Waals surface area contributed by atoms with Crippen LogP contribution in [-0.4, -0.2) is 58.8 Å². The third-order valence-corrected chi connectivity index (χ3v) is 6.46. The maximum Gasteiger partial charge on any atom is 0.241 e. The van der Waals surface area contributed by atoms with Crippen molar-refractivity contribution in [3.63, 3.8) is 0 Å². The van der Waals surface area contributed by atoms with Crippen LogP contribution in [0.15, 0.2) is 54.9 Å². The van der Waals surface area contributed by atoms with Gasteiger partial charge in [-0.25, -0.2) is 0 Å². The summed E-state index contributed by atoms with van der Waals surface area (Å²) in [6.45, 7) is 1.39. The van der Waals surface area contributed by atoms with Crippen LogP contribution in [0.3, 0.4) is 0 Å². The first-order chi connectivity index (χ1) is 15.5. The van der Waals surface area contributed by atoms with E-state index < -0.39 is 5.41 Å². The van der Waals surface area contributed by atoms with Crippen molar-refractivity contribution in [1.29, 1.82) is 0 Å². The van der Waals surface area contributed by atoms with Crippen LogP contribution in [0.4, 0.5) is 0 Å². The number of rotatable bonds is 7. The molecule has 0 unspecified atom stereocenters. The lowest BCUT2D eigenvalue weighted by molar-refractivity contribution is -0.143. The number of hydrogen-bond acceptors (Lipinski definition) is 5. The van der Waals surface area contributed by atoms with Crippen molar-refractivity contribution >= 4 is 17.7 Å². The first-order valence-electron chi connectivity index (χ1n) is 11.1. The number of amides is 3. The van der Waals surface area contributed by atoms with Crippen LogP contribution in [0.2, 0.25) is 0 Å². The second-order valence-electron chi connectivity index (χ2n) is 8.71. The molecule has 3 heterocycles. The number of aromatic nitrogens is 1. The number of ether oxygens (including phenoxy) is 1. The SMILES string of the molecule is CN(C[C@@H]1CCCCO1)C(=O)C[C@@]1(c2ccccc2)CC(=O)N(Cc2ccncc2)C1=O. The van der Waals surface area contributed by atoms with Crippen LogP contribution >= 0.6 is 0 Å². The first-order valence-corrected chi connectivity index (χ1v) is 11.1. The molecule has 4 rings (SSSR count). The number of imide groups is 1. The van der Waals surface area contributed by atoms with Crippen molar-refractivity contribution in [3.05, 3.63) is 66.0 Å². The second kappa shape index (κ2) is 9.61. The van der Waals surface area contributed by atoms with Gasteiger partial charge in [0.1, 0.15) is 0 Å². The van der Waals surface area contributed by atoms with E-state index in [4.69, 9.17) is 4.74 Å². The summed E-state index contributed by atoms with van der Waals surface area (Å²) in [5.41, 5.74) is 0.333. The van der Waals surface area contributed by atoms with Crippen molar-refractivity contribution in [3.8, 4) is 0 Å². The molecular weight excluding hydrogens is 406 g/mol. The number of pyridine rings is 1. The Morgan fingerprint density at radius 1 is 1.16 bits per heavy atom. The smallest absolute Gasteiger partial charge is 0.241 e. The summed E-state index contributed by atoms with van der Waals surface area (Å²) >= 11 is 0. The van der Waals surface area contributed by atoms with Gasteiger partial charge in [0.25, 0.3) is 0 Å². The Morgan fingerprint density at radius 2 is 1.91 bits per heavy atom. The lowest BCUT2D eigenvalue weighted by atomic mass is 9.75. The first kappa shape index (κ1) is 22.1. The summed E-state index contributed by atoms with van der Waals surface area (Å²) in [5.74, 6) is -0.738. The highest BCUT2D eigenvalue weighted by Gasteiger charge is 2.53. The van der Waals surface area contributed by atoms with Gasteiger partial charge >= 0.3 is 0 Å². The average Bonchev–Trinajstić information content (AvgIpc) is 3.06. The lowest BCUT2D eigenvalue weighted by Gasteiger charge is -2.31. The molecule has 32 heavy (non-hydrogen) atoms. The Morgan fingerprint density at radius 3 is 2.59 bits per heavy atom. The number of likely N-dealkylation sites (tertiary alicyclic amines) is 1. The largest absolute Gasteiger partial charge is 0.376 e. The van der Waals surface area contributed by atoms with Crippen LogP contribution in [-0.2, 0) is 31.1 Å². The van der Waals surface area contributed by atoms with Gasteiger partial charge in [0, 0.05) is 45.4 Å². The zero-order chi connectivity index (χ0) is 22.6. The molecule has 7 nitrogen and oxygen atoms in total. The molecule has 3 amide bonds. The normalized spacial score (nSPS) is 23.4. The Balaban J connectivity index is 1.57. The molecule has 0 radical (unpaired) electrons. The highest BCUT2D eigenvalue weighted by atomic mass is 16.5. The summed E-state index contributed by atoms with van der Waals surface area (Å²) in [6.07, 6.45) is 6.31. The fourth-order valence-electron chi connectivity index (χ4n) is 4.61. The lowest BCUT2D eigenvalue weighted by Crippen LogP contribution is -2.44. The van der Waals surface area contributed by atoms with E-state index in [9.17, 15) is 14.4 Å². The molecule has 2 aliphatic heterocycles. The number of hydrogen-bond donors (Lipinski definition) is 0. The predicted octanol–water partition coefficient (Wildman–Crippen LogP) is 2.70. The van der Waals surface area contributed by atoms with E-state index in [1.54, 1.807) is 36.5 Å². The summed E-state index contributed by atoms with van der Waals surface area (Å²) < 4.78 is 5.77. The molecule has 0 aliphatic carbocycles. The van der Waals surface area contributed by atoms with E-state index in [1.165, 1.54) is 4.90 Å². The van der Waals surface area contributed by atoms with Gasteiger partial charge in [0.15, 0.2) is 0 Å². The minimum Gasteiger partial charge on any atom is -0.376 e. The molecule has 2 aliphatic rings. The minimum absolute atomic E-state index is 0.0135. The molecule has 2 aromatic rings. The highest BCUT2D eigenvalue weighted by molar-refractivity contribution is 6.10. The van der Waals surface area contributed by atoms with Crippen LogP contribution in [0.25, 0.3) is 0 Å². The molecule has 168 valence electrons. The van der Waals surface area contributed by atoms with Crippen molar-refractivity contribution < 1.29 is 19.1 Å². The topological polar surface area (TPSA) is 79.8 Å². The molecular formula is C25H29N3O4. The Kier molecular flexibility index (Phi) is 6.65. The molecule has 0 saturated carbocycles. The van der Waals surface area contributed by atoms with Crippen LogP contribution in [0.1, 0.15) is 43.2 Å². The van der Waals surface area contributed by atoms with E-state index in [1.807, 2.05) is 30.3 Å². The number of carbonyl (C=O) groups excluding carboxylic acids is 3. The molecule has 0 spiro atoms. The monoisotopic (exact) mass is 435 g/mol. The van der Waals surface area contributed by atoms with Gasteiger partial charge in [0.05, 0.1) is 18.1 Å². The third-order valence-electron chi connectivity index (χ3n) is 6.46. The number of carbonyl (C=O) groups is 3. The van der Waals surface area contributed by atoms with E-state index in [-0.39, 0.29) is 43.2 Å². The number of benzene rings is 1. The zero-order valence-corrected chi connectivity index (χ0v) is 18.4. The Bertz CT molecular complexity index is 960.